The fraction of sp³-hybridized carbons (Fsp3) is 0.400. The molecule has 0 radical (unpaired) electrons. The molecular formula is C5H6N2O. The van der Waals surface area contributed by atoms with E-state index in [-0.39, 0.29) is 6.10 Å². The average molecular weight is 110 g/mol. The third kappa shape index (κ3) is 0.983. The topological polar surface area (TPSA) is 45.0 Å². The predicted molar refractivity (Wildman–Crippen MR) is 27.4 cm³/mol. The molecule has 0 aliphatic carbocycles. The molecule has 8 heavy (non-hydrogen) atoms. The zero-order valence-electron chi connectivity index (χ0n) is 4.29. The molecule has 3 heteroatoms. The number of nitriles is 1. The smallest absolute Gasteiger partial charge is 0.118 e. The van der Waals surface area contributed by atoms with Crippen molar-refractivity contribution >= 4 is 0 Å². The molecule has 1 heterocycles. The third-order valence-electron chi connectivity index (χ3n) is 0.891. The second-order valence-electron chi connectivity index (χ2n) is 1.50. The van der Waals surface area contributed by atoms with Crippen LogP contribution in [0.4, 0.5) is 0 Å². The molecule has 3 nitrogen and oxygen atoms in total. The first kappa shape index (κ1) is 5.13. The van der Waals surface area contributed by atoms with Crippen LogP contribution in [0.5, 0.6) is 0 Å². The Morgan fingerprint density at radius 3 is 3.25 bits per heavy atom. The summed E-state index contributed by atoms with van der Waals surface area (Å²) >= 11 is 0. The van der Waals surface area contributed by atoms with Crippen molar-refractivity contribution in [2.24, 2.45) is 0 Å². The van der Waals surface area contributed by atoms with Crippen molar-refractivity contribution in [1.82, 2.24) is 5.48 Å². The van der Waals surface area contributed by atoms with Gasteiger partial charge < -0.3 is 0 Å². The third-order valence-corrected chi connectivity index (χ3v) is 0.891. The lowest BCUT2D eigenvalue weighted by Gasteiger charge is -1.98. The number of hydrogen-bond acceptors (Lipinski definition) is 3. The Morgan fingerprint density at radius 1 is 1.88 bits per heavy atom. The van der Waals surface area contributed by atoms with Gasteiger partial charge in [0.2, 0.25) is 0 Å². The highest BCUT2D eigenvalue weighted by molar-refractivity contribution is 4.95. The summed E-state index contributed by atoms with van der Waals surface area (Å²) in [6, 6.07) is 1.99. The van der Waals surface area contributed by atoms with Gasteiger partial charge in [0.25, 0.3) is 0 Å². The Labute approximate surface area is 47.5 Å². The van der Waals surface area contributed by atoms with Gasteiger partial charge in [-0.15, -0.1) is 0 Å². The van der Waals surface area contributed by atoms with Gasteiger partial charge in [0.05, 0.1) is 12.5 Å². The summed E-state index contributed by atoms with van der Waals surface area (Å²) in [6.45, 7) is 0. The summed E-state index contributed by atoms with van der Waals surface area (Å²) in [5, 5.41) is 8.14. The highest BCUT2D eigenvalue weighted by Gasteiger charge is 2.06. The maximum absolute atomic E-state index is 8.14. The lowest BCUT2D eigenvalue weighted by molar-refractivity contribution is 0.0503. The molecular weight excluding hydrogens is 104 g/mol. The molecule has 1 aliphatic rings. The number of hydroxylamine groups is 1. The van der Waals surface area contributed by atoms with Crippen LogP contribution in [-0.2, 0) is 4.84 Å². The van der Waals surface area contributed by atoms with E-state index in [1.807, 2.05) is 12.1 Å². The first-order valence-electron chi connectivity index (χ1n) is 2.38. The molecule has 0 spiro atoms. The predicted octanol–water partition coefficient (Wildman–Crippen LogP) is 0.317. The van der Waals surface area contributed by atoms with Crippen molar-refractivity contribution < 1.29 is 4.84 Å². The zero-order chi connectivity index (χ0) is 5.82. The minimum Gasteiger partial charge on any atom is -0.274 e. The summed E-state index contributed by atoms with van der Waals surface area (Å²) in [4.78, 5) is 4.81. The summed E-state index contributed by atoms with van der Waals surface area (Å²) in [5.41, 5.74) is 2.53. The molecule has 0 fully saturated rings. The van der Waals surface area contributed by atoms with Gasteiger partial charge in [-0.25, -0.2) is 0 Å². The van der Waals surface area contributed by atoms with E-state index in [0.29, 0.717) is 6.42 Å². The molecule has 0 saturated carbocycles. The molecule has 0 aromatic heterocycles. The number of nitrogens with one attached hydrogen (secondary N) is 1. The molecule has 0 aromatic rings. The van der Waals surface area contributed by atoms with Crippen LogP contribution in [0.25, 0.3) is 0 Å². The van der Waals surface area contributed by atoms with Gasteiger partial charge in [-0.3, -0.25) is 10.3 Å². The Balaban J connectivity index is 2.28. The minimum atomic E-state index is -0.0417. The van der Waals surface area contributed by atoms with Gasteiger partial charge in [0.15, 0.2) is 0 Å². The van der Waals surface area contributed by atoms with Gasteiger partial charge in [0.1, 0.15) is 6.10 Å². The van der Waals surface area contributed by atoms with Crippen LogP contribution in [0.2, 0.25) is 0 Å². The molecule has 0 amide bonds. The van der Waals surface area contributed by atoms with Crippen LogP contribution in [0, 0.1) is 11.3 Å². The van der Waals surface area contributed by atoms with Crippen LogP contribution in [-0.4, -0.2) is 6.10 Å². The molecule has 1 aliphatic heterocycles. The second-order valence-corrected chi connectivity index (χ2v) is 1.50. The Hall–Kier alpha value is -1.01. The van der Waals surface area contributed by atoms with E-state index < -0.39 is 0 Å². The summed E-state index contributed by atoms with van der Waals surface area (Å²) in [5.74, 6) is 0. The van der Waals surface area contributed by atoms with Crippen LogP contribution in [0.15, 0.2) is 12.3 Å². The van der Waals surface area contributed by atoms with Gasteiger partial charge in [0, 0.05) is 6.20 Å². The van der Waals surface area contributed by atoms with E-state index in [9.17, 15) is 0 Å². The van der Waals surface area contributed by atoms with E-state index in [4.69, 9.17) is 10.1 Å². The van der Waals surface area contributed by atoms with E-state index >= 15 is 0 Å². The van der Waals surface area contributed by atoms with Crippen molar-refractivity contribution in [3.05, 3.63) is 12.3 Å². The zero-order valence-corrected chi connectivity index (χ0v) is 4.29. The Bertz CT molecular complexity index is 136. The molecule has 1 unspecified atom stereocenters. The maximum atomic E-state index is 8.14. The van der Waals surface area contributed by atoms with Crippen molar-refractivity contribution in [2.45, 2.75) is 12.5 Å². The summed E-state index contributed by atoms with van der Waals surface area (Å²) in [7, 11) is 0. The Kier molecular flexibility index (Phi) is 1.50. The number of hydrogen-bond donors (Lipinski definition) is 1. The summed E-state index contributed by atoms with van der Waals surface area (Å²) in [6.07, 6.45) is 3.87. The molecule has 1 atom stereocenters. The second kappa shape index (κ2) is 2.34. The van der Waals surface area contributed by atoms with Crippen LogP contribution < -0.4 is 5.48 Å². The Morgan fingerprint density at radius 2 is 2.75 bits per heavy atom. The fourth-order valence-electron chi connectivity index (χ4n) is 0.512. The quantitative estimate of drug-likeness (QED) is 0.528. The SMILES string of the molecule is N#CCC1C=CNO1. The fourth-order valence-corrected chi connectivity index (χ4v) is 0.512. The molecule has 1 rings (SSSR count). The average Bonchev–Trinajstić information content (AvgIpc) is 2.19. The van der Waals surface area contributed by atoms with E-state index in [2.05, 4.69) is 5.48 Å². The van der Waals surface area contributed by atoms with Crippen LogP contribution in [0.3, 0.4) is 0 Å². The molecule has 0 aromatic carbocycles. The standard InChI is InChI=1S/C5H6N2O/c6-3-1-5-2-4-7-8-5/h2,4-5,7H,1H2. The summed E-state index contributed by atoms with van der Waals surface area (Å²) < 4.78 is 0. The number of nitrogens with zero attached hydrogens (tertiary/aromatic N) is 1. The van der Waals surface area contributed by atoms with Crippen LogP contribution in [0.1, 0.15) is 6.42 Å². The first-order chi connectivity index (χ1) is 3.93. The van der Waals surface area contributed by atoms with Crippen LogP contribution >= 0.6 is 0 Å². The van der Waals surface area contributed by atoms with E-state index in [1.165, 1.54) is 0 Å². The molecule has 0 bridgehead atoms. The minimum absolute atomic E-state index is 0.0417. The monoisotopic (exact) mass is 110 g/mol. The van der Waals surface area contributed by atoms with Gasteiger partial charge in [-0.1, -0.05) is 0 Å². The highest BCUT2D eigenvalue weighted by atomic mass is 16.7. The van der Waals surface area contributed by atoms with Crippen molar-refractivity contribution in [1.29, 1.82) is 5.26 Å². The van der Waals surface area contributed by atoms with E-state index in [1.54, 1.807) is 6.20 Å². The number of rotatable bonds is 1. The van der Waals surface area contributed by atoms with E-state index in [0.717, 1.165) is 0 Å². The first-order valence-corrected chi connectivity index (χ1v) is 2.38. The molecule has 0 saturated heterocycles. The van der Waals surface area contributed by atoms with Gasteiger partial charge >= 0.3 is 0 Å². The van der Waals surface area contributed by atoms with Crippen molar-refractivity contribution in [2.75, 3.05) is 0 Å². The molecule has 1 N–H and O–H groups in total. The lowest BCUT2D eigenvalue weighted by Crippen LogP contribution is -2.08. The van der Waals surface area contributed by atoms with Crippen molar-refractivity contribution in [3.8, 4) is 6.07 Å². The van der Waals surface area contributed by atoms with Gasteiger partial charge in [-0.2, -0.15) is 5.26 Å². The largest absolute Gasteiger partial charge is 0.274 e. The molecule has 42 valence electrons. The van der Waals surface area contributed by atoms with Gasteiger partial charge in [-0.05, 0) is 6.08 Å². The highest BCUT2D eigenvalue weighted by Crippen LogP contribution is 2.01. The van der Waals surface area contributed by atoms with Crippen molar-refractivity contribution in [3.63, 3.8) is 0 Å². The lowest BCUT2D eigenvalue weighted by atomic mass is 10.3. The maximum Gasteiger partial charge on any atom is 0.118 e. The normalized spacial score (nSPS) is 24.6.